The third kappa shape index (κ3) is 4.34. The van der Waals surface area contributed by atoms with Gasteiger partial charge in [0, 0.05) is 17.2 Å². The van der Waals surface area contributed by atoms with Crippen LogP contribution in [0, 0.1) is 6.92 Å². The van der Waals surface area contributed by atoms with E-state index < -0.39 is 10.8 Å². The third-order valence-electron chi connectivity index (χ3n) is 5.57. The van der Waals surface area contributed by atoms with Crippen molar-refractivity contribution in [2.45, 2.75) is 31.2 Å². The summed E-state index contributed by atoms with van der Waals surface area (Å²) >= 11 is 0. The van der Waals surface area contributed by atoms with Crippen LogP contribution >= 0.6 is 0 Å². The molecule has 3 aromatic carbocycles. The molecule has 0 saturated carbocycles. The number of amides is 1. The summed E-state index contributed by atoms with van der Waals surface area (Å²) in [4.78, 5) is 19.0. The molecule has 1 unspecified atom stereocenters. The average Bonchev–Trinajstić information content (AvgIpc) is 2.82. The summed E-state index contributed by atoms with van der Waals surface area (Å²) in [5.41, 5.74) is 4.67. The van der Waals surface area contributed by atoms with Crippen LogP contribution in [-0.4, -0.2) is 21.4 Å². The molecule has 1 heterocycles. The van der Waals surface area contributed by atoms with E-state index in [1.165, 1.54) is 0 Å². The molecule has 0 aliphatic heterocycles. The van der Waals surface area contributed by atoms with Crippen LogP contribution in [0.3, 0.4) is 0 Å². The maximum absolute atomic E-state index is 13.7. The van der Waals surface area contributed by atoms with E-state index in [1.807, 2.05) is 92.7 Å². The first-order valence-electron chi connectivity index (χ1n) is 10.7. The van der Waals surface area contributed by atoms with Crippen molar-refractivity contribution in [2.75, 3.05) is 6.26 Å². The minimum Gasteiger partial charge on any atom is -0.345 e. The number of nitrogens with zero attached hydrogens (tertiary/aromatic N) is 1. The second-order valence-electron chi connectivity index (χ2n) is 7.85. The minimum absolute atomic E-state index is 0.143. The number of carbonyl (C=O) groups excluding carboxylic acids is 1. The number of fused-ring (bicyclic) bond motifs is 1. The zero-order valence-electron chi connectivity index (χ0n) is 18.5. The highest BCUT2D eigenvalue weighted by Crippen LogP contribution is 2.33. The molecule has 1 aromatic heterocycles. The lowest BCUT2D eigenvalue weighted by Crippen LogP contribution is -2.29. The number of rotatable bonds is 6. The predicted octanol–water partition coefficient (Wildman–Crippen LogP) is 5.83. The molecule has 0 fully saturated rings. The molecule has 4 aromatic rings. The van der Waals surface area contributed by atoms with Gasteiger partial charge in [-0.05, 0) is 30.5 Å². The van der Waals surface area contributed by atoms with Crippen LogP contribution in [0.4, 0.5) is 0 Å². The molecule has 5 heteroatoms. The number of nitrogens with one attached hydrogen (secondary N) is 1. The van der Waals surface area contributed by atoms with Crippen LogP contribution in [0.25, 0.3) is 22.2 Å². The third-order valence-corrected chi connectivity index (χ3v) is 6.55. The van der Waals surface area contributed by atoms with Crippen molar-refractivity contribution in [2.24, 2.45) is 0 Å². The van der Waals surface area contributed by atoms with Gasteiger partial charge in [-0.15, -0.1) is 0 Å². The van der Waals surface area contributed by atoms with E-state index in [-0.39, 0.29) is 11.9 Å². The molecule has 2 atom stereocenters. The largest absolute Gasteiger partial charge is 0.345 e. The SMILES string of the molecule is CC[C@H](NC(=O)c1c(S(C)=O)c(-c2ccccc2)nc2cc(C)ccc12)c1ccccc1. The second-order valence-corrected chi connectivity index (χ2v) is 9.17. The van der Waals surface area contributed by atoms with Crippen LogP contribution in [0.15, 0.2) is 83.8 Å². The van der Waals surface area contributed by atoms with E-state index in [0.29, 0.717) is 21.5 Å². The molecule has 0 radical (unpaired) electrons. The maximum Gasteiger partial charge on any atom is 0.253 e. The summed E-state index contributed by atoms with van der Waals surface area (Å²) < 4.78 is 13.0. The van der Waals surface area contributed by atoms with Crippen LogP contribution in [0.5, 0.6) is 0 Å². The standard InChI is InChI=1S/C27H26N2O2S/c1-4-22(19-11-7-5-8-12-19)29-27(30)24-21-16-15-18(2)17-23(21)28-25(26(24)32(3)31)20-13-9-6-10-14-20/h5-17,22H,4H2,1-3H3,(H,29,30)/t22-,32?/m0/s1. The summed E-state index contributed by atoms with van der Waals surface area (Å²) in [6.45, 7) is 4.04. The van der Waals surface area contributed by atoms with E-state index >= 15 is 0 Å². The molecule has 162 valence electrons. The van der Waals surface area contributed by atoms with Gasteiger partial charge in [-0.3, -0.25) is 9.00 Å². The Balaban J connectivity index is 1.93. The highest BCUT2D eigenvalue weighted by molar-refractivity contribution is 7.84. The quantitative estimate of drug-likeness (QED) is 0.409. The summed E-state index contributed by atoms with van der Waals surface area (Å²) in [5, 5.41) is 3.89. The van der Waals surface area contributed by atoms with Crippen molar-refractivity contribution in [1.82, 2.24) is 10.3 Å². The van der Waals surface area contributed by atoms with Crippen molar-refractivity contribution in [1.29, 1.82) is 0 Å². The van der Waals surface area contributed by atoms with E-state index in [2.05, 4.69) is 5.32 Å². The summed E-state index contributed by atoms with van der Waals surface area (Å²) in [6, 6.07) is 25.2. The van der Waals surface area contributed by atoms with Gasteiger partial charge >= 0.3 is 0 Å². The Morgan fingerprint density at radius 1 is 1.00 bits per heavy atom. The minimum atomic E-state index is -1.42. The molecule has 32 heavy (non-hydrogen) atoms. The normalized spacial score (nSPS) is 13.0. The van der Waals surface area contributed by atoms with Crippen molar-refractivity contribution < 1.29 is 9.00 Å². The molecule has 0 bridgehead atoms. The highest BCUT2D eigenvalue weighted by atomic mass is 32.2. The van der Waals surface area contributed by atoms with E-state index in [4.69, 9.17) is 4.98 Å². The fraction of sp³-hybridized carbons (Fsp3) is 0.185. The van der Waals surface area contributed by atoms with Gasteiger partial charge in [0.2, 0.25) is 0 Å². The zero-order chi connectivity index (χ0) is 22.7. The van der Waals surface area contributed by atoms with Crippen molar-refractivity contribution in [3.63, 3.8) is 0 Å². The maximum atomic E-state index is 13.7. The topological polar surface area (TPSA) is 59.1 Å². The number of benzene rings is 3. The van der Waals surface area contributed by atoms with Crippen LogP contribution < -0.4 is 5.32 Å². The van der Waals surface area contributed by atoms with Gasteiger partial charge in [-0.1, -0.05) is 79.7 Å². The van der Waals surface area contributed by atoms with Crippen molar-refractivity contribution in [3.05, 3.63) is 95.6 Å². The van der Waals surface area contributed by atoms with Gasteiger partial charge in [0.05, 0.1) is 38.5 Å². The van der Waals surface area contributed by atoms with E-state index in [1.54, 1.807) is 6.26 Å². The number of aromatic nitrogens is 1. The number of aryl methyl sites for hydroxylation is 1. The first kappa shape index (κ1) is 21.9. The van der Waals surface area contributed by atoms with Crippen molar-refractivity contribution >= 4 is 27.6 Å². The van der Waals surface area contributed by atoms with Crippen LogP contribution in [0.1, 0.15) is 40.9 Å². The molecule has 4 rings (SSSR count). The molecule has 1 amide bonds. The number of hydrogen-bond donors (Lipinski definition) is 1. The molecule has 4 nitrogen and oxygen atoms in total. The Kier molecular flexibility index (Phi) is 6.47. The first-order chi connectivity index (χ1) is 15.5. The van der Waals surface area contributed by atoms with Gasteiger partial charge in [0.15, 0.2) is 0 Å². The molecule has 0 aliphatic carbocycles. The number of pyridine rings is 1. The molecular formula is C27H26N2O2S. The van der Waals surface area contributed by atoms with Gasteiger partial charge in [0.25, 0.3) is 5.91 Å². The van der Waals surface area contributed by atoms with Crippen LogP contribution in [0.2, 0.25) is 0 Å². The van der Waals surface area contributed by atoms with Gasteiger partial charge in [-0.25, -0.2) is 4.98 Å². The Bertz CT molecular complexity index is 1290. The number of hydrogen-bond acceptors (Lipinski definition) is 3. The predicted molar refractivity (Wildman–Crippen MR) is 131 cm³/mol. The lowest BCUT2D eigenvalue weighted by molar-refractivity contribution is 0.0934. The number of carbonyl (C=O) groups is 1. The molecule has 0 aliphatic rings. The smallest absolute Gasteiger partial charge is 0.253 e. The summed E-state index contributed by atoms with van der Waals surface area (Å²) in [7, 11) is -1.42. The fourth-order valence-electron chi connectivity index (χ4n) is 3.99. The zero-order valence-corrected chi connectivity index (χ0v) is 19.3. The molecule has 1 N–H and O–H groups in total. The lowest BCUT2D eigenvalue weighted by atomic mass is 10.00. The van der Waals surface area contributed by atoms with Crippen LogP contribution in [-0.2, 0) is 10.8 Å². The van der Waals surface area contributed by atoms with E-state index in [0.717, 1.165) is 28.6 Å². The van der Waals surface area contributed by atoms with Gasteiger partial charge in [0.1, 0.15) is 0 Å². The summed E-state index contributed by atoms with van der Waals surface area (Å²) in [5.74, 6) is -0.237. The van der Waals surface area contributed by atoms with Crippen molar-refractivity contribution in [3.8, 4) is 11.3 Å². The highest BCUT2D eigenvalue weighted by Gasteiger charge is 2.25. The Hall–Kier alpha value is -3.31. The summed E-state index contributed by atoms with van der Waals surface area (Å²) in [6.07, 6.45) is 2.35. The molecule has 0 spiro atoms. The molecular weight excluding hydrogens is 416 g/mol. The fourth-order valence-corrected chi connectivity index (χ4v) is 4.92. The van der Waals surface area contributed by atoms with Gasteiger partial charge < -0.3 is 5.32 Å². The second kappa shape index (κ2) is 9.45. The lowest BCUT2D eigenvalue weighted by Gasteiger charge is -2.20. The van der Waals surface area contributed by atoms with Gasteiger partial charge in [-0.2, -0.15) is 0 Å². The monoisotopic (exact) mass is 442 g/mol. The average molecular weight is 443 g/mol. The molecule has 0 saturated heterocycles. The van der Waals surface area contributed by atoms with E-state index in [9.17, 15) is 9.00 Å². The Morgan fingerprint density at radius 2 is 1.66 bits per heavy atom. The Labute approximate surface area is 191 Å². The Morgan fingerprint density at radius 3 is 2.28 bits per heavy atom. The first-order valence-corrected chi connectivity index (χ1v) is 12.2.